The molecule has 0 bridgehead atoms. The number of carbonyl (C=O) groups excluding carboxylic acids is 3. The van der Waals surface area contributed by atoms with E-state index < -0.39 is 35.8 Å². The Bertz CT molecular complexity index is 1350. The van der Waals surface area contributed by atoms with E-state index in [4.69, 9.17) is 4.74 Å². The third-order valence-corrected chi connectivity index (χ3v) is 7.68. The molecule has 3 unspecified atom stereocenters. The molecule has 12 heteroatoms. The summed E-state index contributed by atoms with van der Waals surface area (Å²) in [5, 5.41) is 24.4. The number of anilines is 2. The van der Waals surface area contributed by atoms with Crippen LogP contribution in [0, 0.1) is 18.8 Å². The van der Waals surface area contributed by atoms with Crippen LogP contribution in [-0.2, 0) is 25.6 Å². The number of hydrogen-bond donors (Lipinski definition) is 4. The molecule has 0 aliphatic carbocycles. The van der Waals surface area contributed by atoms with Gasteiger partial charge < -0.3 is 35.4 Å². The van der Waals surface area contributed by atoms with Crippen molar-refractivity contribution < 1.29 is 38.9 Å². The van der Waals surface area contributed by atoms with Crippen LogP contribution in [0.4, 0.5) is 16.2 Å². The zero-order chi connectivity index (χ0) is 29.7. The summed E-state index contributed by atoms with van der Waals surface area (Å²) in [5.74, 6) is -4.96. The van der Waals surface area contributed by atoms with E-state index in [0.29, 0.717) is 42.1 Å². The molecule has 218 valence electrons. The van der Waals surface area contributed by atoms with Gasteiger partial charge >= 0.3 is 18.0 Å². The minimum absolute atomic E-state index is 0.00529. The van der Waals surface area contributed by atoms with E-state index in [0.717, 1.165) is 5.56 Å². The predicted molar refractivity (Wildman–Crippen MR) is 149 cm³/mol. The second-order valence-electron chi connectivity index (χ2n) is 10.3. The standard InChI is InChI=1S/C29H34N4O8/c1-17-6-3-4-7-21(17)30-29(40)31-22-10-9-18(14-24(22)41-2)15-25(34)33-12-5-8-23(33)26(35)32-13-11-19(27(36)37)20(16-32)28(38)39/h3-4,6-7,9-10,14,19-20,23H,5,8,11-13,15-16H2,1-2H3,(H,36,37)(H,38,39)(H2,30,31,40). The van der Waals surface area contributed by atoms with Crippen molar-refractivity contribution in [2.75, 3.05) is 37.4 Å². The number of nitrogens with zero attached hydrogens (tertiary/aromatic N) is 2. The van der Waals surface area contributed by atoms with E-state index in [1.807, 2.05) is 25.1 Å². The molecule has 2 saturated heterocycles. The predicted octanol–water partition coefficient (Wildman–Crippen LogP) is 2.82. The fourth-order valence-electron chi connectivity index (χ4n) is 5.44. The summed E-state index contributed by atoms with van der Waals surface area (Å²) < 4.78 is 5.44. The van der Waals surface area contributed by atoms with Crippen LogP contribution in [0.15, 0.2) is 42.5 Å². The number of benzene rings is 2. The maximum atomic E-state index is 13.3. The SMILES string of the molecule is COc1cc(CC(=O)N2CCCC2C(=O)N2CCC(C(=O)O)C(C(=O)O)C2)ccc1NC(=O)Nc1ccccc1C. The molecule has 0 spiro atoms. The molecule has 0 aromatic heterocycles. The fraction of sp³-hybridized carbons (Fsp3) is 0.414. The highest BCUT2D eigenvalue weighted by Crippen LogP contribution is 2.29. The first-order chi connectivity index (χ1) is 19.6. The van der Waals surface area contributed by atoms with Gasteiger partial charge in [0.2, 0.25) is 11.8 Å². The lowest BCUT2D eigenvalue weighted by Crippen LogP contribution is -2.54. The second-order valence-corrected chi connectivity index (χ2v) is 10.3. The number of aliphatic carboxylic acids is 2. The molecule has 4 rings (SSSR count). The number of piperidine rings is 1. The highest BCUT2D eigenvalue weighted by Gasteiger charge is 2.43. The molecule has 2 heterocycles. The first-order valence-corrected chi connectivity index (χ1v) is 13.4. The molecule has 2 aliphatic heterocycles. The van der Waals surface area contributed by atoms with Gasteiger partial charge in [-0.05, 0) is 55.5 Å². The lowest BCUT2D eigenvalue weighted by Gasteiger charge is -2.37. The Morgan fingerprint density at radius 2 is 1.63 bits per heavy atom. The van der Waals surface area contributed by atoms with Gasteiger partial charge in [-0.3, -0.25) is 19.2 Å². The van der Waals surface area contributed by atoms with Gasteiger partial charge in [0.05, 0.1) is 31.1 Å². The summed E-state index contributed by atoms with van der Waals surface area (Å²) in [6.45, 7) is 2.20. The highest BCUT2D eigenvalue weighted by atomic mass is 16.5. The van der Waals surface area contributed by atoms with Crippen molar-refractivity contribution in [1.29, 1.82) is 0 Å². The average Bonchev–Trinajstić information content (AvgIpc) is 3.44. The minimum atomic E-state index is -1.26. The van der Waals surface area contributed by atoms with Gasteiger partial charge in [-0.25, -0.2) is 4.79 Å². The maximum absolute atomic E-state index is 13.3. The molecule has 0 radical (unpaired) electrons. The first-order valence-electron chi connectivity index (χ1n) is 13.4. The average molecular weight is 567 g/mol. The third-order valence-electron chi connectivity index (χ3n) is 7.68. The number of urea groups is 1. The monoisotopic (exact) mass is 566 g/mol. The van der Waals surface area contributed by atoms with Gasteiger partial charge in [-0.1, -0.05) is 24.3 Å². The van der Waals surface area contributed by atoms with E-state index >= 15 is 0 Å². The van der Waals surface area contributed by atoms with Crippen molar-refractivity contribution in [2.45, 2.75) is 38.6 Å². The van der Waals surface area contributed by atoms with Gasteiger partial charge in [0.1, 0.15) is 11.8 Å². The summed E-state index contributed by atoms with van der Waals surface area (Å²) in [7, 11) is 1.46. The van der Waals surface area contributed by atoms with Crippen molar-refractivity contribution in [3.63, 3.8) is 0 Å². The zero-order valence-corrected chi connectivity index (χ0v) is 23.0. The van der Waals surface area contributed by atoms with Crippen LogP contribution in [0.2, 0.25) is 0 Å². The number of nitrogens with one attached hydrogen (secondary N) is 2. The molecule has 2 aliphatic rings. The number of amides is 4. The molecule has 4 N–H and O–H groups in total. The van der Waals surface area contributed by atoms with Gasteiger partial charge in [-0.2, -0.15) is 0 Å². The Kier molecular flexibility index (Phi) is 9.10. The maximum Gasteiger partial charge on any atom is 0.323 e. The van der Waals surface area contributed by atoms with Crippen molar-refractivity contribution in [1.82, 2.24) is 9.80 Å². The number of carbonyl (C=O) groups is 5. The van der Waals surface area contributed by atoms with Crippen LogP contribution < -0.4 is 15.4 Å². The van der Waals surface area contributed by atoms with Gasteiger partial charge in [0.15, 0.2) is 0 Å². The van der Waals surface area contributed by atoms with E-state index in [2.05, 4.69) is 10.6 Å². The van der Waals surface area contributed by atoms with Crippen molar-refractivity contribution in [3.8, 4) is 5.75 Å². The van der Waals surface area contributed by atoms with E-state index in [-0.39, 0.29) is 37.7 Å². The first kappa shape index (κ1) is 29.4. The molecular weight excluding hydrogens is 532 g/mol. The largest absolute Gasteiger partial charge is 0.495 e. The number of rotatable bonds is 8. The molecule has 2 aromatic carbocycles. The smallest absolute Gasteiger partial charge is 0.323 e. The van der Waals surface area contributed by atoms with Crippen LogP contribution in [0.3, 0.4) is 0 Å². The summed E-state index contributed by atoms with van der Waals surface area (Å²) in [4.78, 5) is 65.2. The Morgan fingerprint density at radius 1 is 0.927 bits per heavy atom. The third kappa shape index (κ3) is 6.76. The van der Waals surface area contributed by atoms with Crippen LogP contribution in [0.1, 0.15) is 30.4 Å². The number of methoxy groups -OCH3 is 1. The summed E-state index contributed by atoms with van der Waals surface area (Å²) >= 11 is 0. The molecule has 2 aromatic rings. The van der Waals surface area contributed by atoms with Crippen LogP contribution in [0.5, 0.6) is 5.75 Å². The van der Waals surface area contributed by atoms with Gasteiger partial charge in [0, 0.05) is 25.3 Å². The highest BCUT2D eigenvalue weighted by molar-refractivity contribution is 6.01. The molecule has 0 saturated carbocycles. The molecule has 2 fully saturated rings. The van der Waals surface area contributed by atoms with Crippen molar-refractivity contribution in [2.24, 2.45) is 11.8 Å². The summed E-state index contributed by atoms with van der Waals surface area (Å²) in [6, 6.07) is 11.2. The van der Waals surface area contributed by atoms with E-state index in [9.17, 15) is 34.2 Å². The molecule has 3 atom stereocenters. The minimum Gasteiger partial charge on any atom is -0.495 e. The topological polar surface area (TPSA) is 166 Å². The number of likely N-dealkylation sites (tertiary alicyclic amines) is 2. The lowest BCUT2D eigenvalue weighted by atomic mass is 9.85. The fourth-order valence-corrected chi connectivity index (χ4v) is 5.44. The Balaban J connectivity index is 1.40. The number of carboxylic acids is 2. The Labute approximate surface area is 237 Å². The number of ether oxygens (including phenoxy) is 1. The zero-order valence-electron chi connectivity index (χ0n) is 23.0. The Hall–Kier alpha value is -4.61. The normalized spacial score (nSPS) is 20.3. The van der Waals surface area contributed by atoms with Crippen molar-refractivity contribution in [3.05, 3.63) is 53.6 Å². The van der Waals surface area contributed by atoms with Crippen LogP contribution in [0.25, 0.3) is 0 Å². The lowest BCUT2D eigenvalue weighted by molar-refractivity contribution is -0.160. The number of carboxylic acid groups (broad SMARTS) is 2. The number of aryl methyl sites for hydroxylation is 1. The number of para-hydroxylation sites is 1. The molecule has 41 heavy (non-hydrogen) atoms. The molecule has 12 nitrogen and oxygen atoms in total. The molecular formula is C29H34N4O8. The molecule has 4 amide bonds. The van der Waals surface area contributed by atoms with Crippen LogP contribution >= 0.6 is 0 Å². The van der Waals surface area contributed by atoms with Crippen LogP contribution in [-0.4, -0.2) is 82.6 Å². The van der Waals surface area contributed by atoms with Crippen molar-refractivity contribution >= 4 is 41.2 Å². The van der Waals surface area contributed by atoms with Gasteiger partial charge in [0.25, 0.3) is 0 Å². The van der Waals surface area contributed by atoms with E-state index in [1.165, 1.54) is 16.9 Å². The second kappa shape index (κ2) is 12.7. The number of hydrogen-bond acceptors (Lipinski definition) is 6. The van der Waals surface area contributed by atoms with E-state index in [1.54, 1.807) is 24.3 Å². The van der Waals surface area contributed by atoms with Gasteiger partial charge in [-0.15, -0.1) is 0 Å². The summed E-state index contributed by atoms with van der Waals surface area (Å²) in [5.41, 5.74) is 2.63. The Morgan fingerprint density at radius 3 is 2.32 bits per heavy atom. The quantitative estimate of drug-likeness (QED) is 0.379. The summed E-state index contributed by atoms with van der Waals surface area (Å²) in [6.07, 6.45) is 1.11.